The molecule has 0 amide bonds. The van der Waals surface area contributed by atoms with Gasteiger partial charge in [0.1, 0.15) is 0 Å². The molecule has 2 saturated heterocycles. The highest BCUT2D eigenvalue weighted by Gasteiger charge is 2.51. The summed E-state index contributed by atoms with van der Waals surface area (Å²) in [5, 5.41) is 9.76. The highest BCUT2D eigenvalue weighted by atomic mass is 32.2. The Hall–Kier alpha value is -0.525. The molecule has 2 aliphatic heterocycles. The number of rotatable bonds is 3. The topological polar surface area (TPSA) is 41.9 Å². The minimum Gasteiger partial charge on any atom is -0.399 e. The summed E-state index contributed by atoms with van der Waals surface area (Å²) in [6.45, 7) is 11.5. The van der Waals surface area contributed by atoms with Crippen molar-refractivity contribution in [3.63, 3.8) is 0 Å². The molecule has 1 aromatic carbocycles. The maximum atomic E-state index is 9.76. The Morgan fingerprint density at radius 3 is 1.95 bits per heavy atom. The van der Waals surface area contributed by atoms with Crippen molar-refractivity contribution >= 4 is 24.5 Å². The van der Waals surface area contributed by atoms with Gasteiger partial charge in [0.2, 0.25) is 0 Å². The van der Waals surface area contributed by atoms with Gasteiger partial charge < -0.3 is 14.4 Å². The first-order valence-corrected chi connectivity index (χ1v) is 8.46. The molecule has 6 heteroatoms. The summed E-state index contributed by atoms with van der Waals surface area (Å²) in [5.74, 6) is 0. The largest absolute Gasteiger partial charge is 0.494 e. The van der Waals surface area contributed by atoms with E-state index < -0.39 is 5.60 Å². The average molecular weight is 321 g/mol. The molecule has 0 atom stereocenters. The summed E-state index contributed by atoms with van der Waals surface area (Å²) in [5.41, 5.74) is -0.114. The van der Waals surface area contributed by atoms with Gasteiger partial charge in [-0.3, -0.25) is 0 Å². The first-order valence-electron chi connectivity index (χ1n) is 7.69. The summed E-state index contributed by atoms with van der Waals surface area (Å²) in [7, 11) is -0.311. The van der Waals surface area contributed by atoms with E-state index in [9.17, 15) is 5.11 Å². The van der Waals surface area contributed by atoms with E-state index in [2.05, 4.69) is 56.3 Å². The highest BCUT2D eigenvalue weighted by molar-refractivity contribution is 7.97. The summed E-state index contributed by atoms with van der Waals surface area (Å²) in [6.07, 6.45) is 0. The lowest BCUT2D eigenvalue weighted by molar-refractivity contribution is -0.0378. The van der Waals surface area contributed by atoms with Crippen molar-refractivity contribution in [2.24, 2.45) is 0 Å². The van der Waals surface area contributed by atoms with Crippen LogP contribution in [0.4, 0.5) is 0 Å². The van der Waals surface area contributed by atoms with Crippen molar-refractivity contribution < 1.29 is 14.4 Å². The summed E-state index contributed by atoms with van der Waals surface area (Å²) < 4.78 is 14.3. The fraction of sp³-hybridized carbons (Fsp3) is 0.625. The summed E-state index contributed by atoms with van der Waals surface area (Å²) in [6, 6.07) is 8.28. The molecular weight excluding hydrogens is 297 g/mol. The Labute approximate surface area is 137 Å². The molecule has 22 heavy (non-hydrogen) atoms. The van der Waals surface area contributed by atoms with Gasteiger partial charge in [0.05, 0.1) is 16.8 Å². The fourth-order valence-electron chi connectivity index (χ4n) is 2.59. The smallest absolute Gasteiger partial charge is 0.399 e. The van der Waals surface area contributed by atoms with Crippen LogP contribution in [0.3, 0.4) is 0 Å². The zero-order chi connectivity index (χ0) is 16.2. The van der Waals surface area contributed by atoms with Crippen LogP contribution < -0.4 is 5.46 Å². The van der Waals surface area contributed by atoms with E-state index in [4.69, 9.17) is 9.31 Å². The molecule has 0 radical (unpaired) electrons. The van der Waals surface area contributed by atoms with E-state index in [1.165, 1.54) is 0 Å². The molecular formula is C16H24BNO3S. The fourth-order valence-corrected chi connectivity index (χ4v) is 3.83. The van der Waals surface area contributed by atoms with Crippen LogP contribution in [0.1, 0.15) is 34.6 Å². The third kappa shape index (κ3) is 3.08. The Morgan fingerprint density at radius 1 is 1.00 bits per heavy atom. The van der Waals surface area contributed by atoms with Gasteiger partial charge >= 0.3 is 7.12 Å². The lowest BCUT2D eigenvalue weighted by atomic mass is 9.79. The molecule has 0 aliphatic carbocycles. The molecule has 0 bridgehead atoms. The van der Waals surface area contributed by atoms with Gasteiger partial charge in [-0.25, -0.2) is 4.31 Å². The predicted octanol–water partition coefficient (Wildman–Crippen LogP) is 2.06. The molecule has 120 valence electrons. The molecule has 0 spiro atoms. The molecule has 3 rings (SSSR count). The third-order valence-corrected chi connectivity index (χ3v) is 5.67. The van der Waals surface area contributed by atoms with Crippen molar-refractivity contribution in [2.75, 3.05) is 13.1 Å². The maximum absolute atomic E-state index is 9.76. The monoisotopic (exact) mass is 321 g/mol. The molecule has 4 nitrogen and oxygen atoms in total. The quantitative estimate of drug-likeness (QED) is 0.682. The maximum Gasteiger partial charge on any atom is 0.494 e. The average Bonchev–Trinajstić information content (AvgIpc) is 2.57. The van der Waals surface area contributed by atoms with E-state index in [0.717, 1.165) is 10.4 Å². The molecule has 2 fully saturated rings. The lowest BCUT2D eigenvalue weighted by Gasteiger charge is -2.43. The van der Waals surface area contributed by atoms with Crippen molar-refractivity contribution in [2.45, 2.75) is 56.3 Å². The minimum atomic E-state index is -0.532. The second-order valence-electron chi connectivity index (χ2n) is 7.54. The van der Waals surface area contributed by atoms with E-state index in [-0.39, 0.29) is 18.3 Å². The van der Waals surface area contributed by atoms with Gasteiger partial charge in [-0.1, -0.05) is 12.1 Å². The number of aliphatic hydroxyl groups is 1. The second kappa shape index (κ2) is 5.25. The van der Waals surface area contributed by atoms with Gasteiger partial charge in [-0.15, -0.1) is 0 Å². The van der Waals surface area contributed by atoms with Gasteiger partial charge in [0, 0.05) is 18.0 Å². The van der Waals surface area contributed by atoms with E-state index in [1.54, 1.807) is 11.9 Å². The van der Waals surface area contributed by atoms with Gasteiger partial charge in [-0.05, 0) is 64.2 Å². The number of hydrogen-bond donors (Lipinski definition) is 1. The predicted molar refractivity (Wildman–Crippen MR) is 90.2 cm³/mol. The van der Waals surface area contributed by atoms with Crippen LogP contribution in [-0.4, -0.2) is 46.4 Å². The van der Waals surface area contributed by atoms with Crippen LogP contribution in [0.15, 0.2) is 29.2 Å². The van der Waals surface area contributed by atoms with Crippen molar-refractivity contribution in [3.8, 4) is 0 Å². The molecule has 2 heterocycles. The van der Waals surface area contributed by atoms with Crippen LogP contribution >= 0.6 is 11.9 Å². The van der Waals surface area contributed by atoms with E-state index >= 15 is 0 Å². The third-order valence-electron chi connectivity index (χ3n) is 4.67. The van der Waals surface area contributed by atoms with Gasteiger partial charge in [0.15, 0.2) is 0 Å². The van der Waals surface area contributed by atoms with E-state index in [0.29, 0.717) is 13.1 Å². The first-order chi connectivity index (χ1) is 10.1. The number of nitrogens with zero attached hydrogens (tertiary/aromatic N) is 1. The van der Waals surface area contributed by atoms with Crippen molar-refractivity contribution in [1.29, 1.82) is 0 Å². The number of hydrogen-bond acceptors (Lipinski definition) is 5. The van der Waals surface area contributed by atoms with Crippen LogP contribution in [0.2, 0.25) is 0 Å². The highest BCUT2D eigenvalue weighted by Crippen LogP contribution is 2.37. The Morgan fingerprint density at radius 2 is 1.50 bits per heavy atom. The van der Waals surface area contributed by atoms with Gasteiger partial charge in [0.25, 0.3) is 0 Å². The molecule has 0 aromatic heterocycles. The van der Waals surface area contributed by atoms with Crippen LogP contribution in [0.5, 0.6) is 0 Å². The van der Waals surface area contributed by atoms with Crippen LogP contribution in [0.25, 0.3) is 0 Å². The SMILES string of the molecule is CC1(O)CN(Sc2ccc(B3OC(C)(C)C(C)(C)O3)cc2)C1. The van der Waals surface area contributed by atoms with Crippen molar-refractivity contribution in [3.05, 3.63) is 24.3 Å². The zero-order valence-electron chi connectivity index (χ0n) is 13.9. The van der Waals surface area contributed by atoms with Gasteiger partial charge in [-0.2, -0.15) is 0 Å². The van der Waals surface area contributed by atoms with Crippen LogP contribution in [0, 0.1) is 0 Å². The molecule has 1 aromatic rings. The summed E-state index contributed by atoms with van der Waals surface area (Å²) in [4.78, 5) is 1.16. The van der Waals surface area contributed by atoms with Crippen LogP contribution in [-0.2, 0) is 9.31 Å². The minimum absolute atomic E-state index is 0.311. The summed E-state index contributed by atoms with van der Waals surface area (Å²) >= 11 is 1.68. The van der Waals surface area contributed by atoms with E-state index in [1.807, 2.05) is 6.92 Å². The Kier molecular flexibility index (Phi) is 3.90. The Bertz CT molecular complexity index is 535. The molecule has 0 unspecified atom stereocenters. The lowest BCUT2D eigenvalue weighted by Crippen LogP contribution is -2.56. The Balaban J connectivity index is 1.63. The second-order valence-corrected chi connectivity index (χ2v) is 8.71. The molecule has 2 aliphatic rings. The standard InChI is InChI=1S/C16H24BNO3S/c1-14(2)15(3,4)21-17(20-14)12-6-8-13(9-7-12)22-18-10-16(5,19)11-18/h6-9,19H,10-11H2,1-5H3. The molecule has 1 N–H and O–H groups in total. The number of benzene rings is 1. The normalized spacial score (nSPS) is 26.0. The molecule has 0 saturated carbocycles. The zero-order valence-corrected chi connectivity index (χ0v) is 14.7. The number of β-amino-alcohol motifs (C(OH)–C–C–N with tert-alkyl or cyclic N) is 1. The first kappa shape index (κ1) is 16.3. The van der Waals surface area contributed by atoms with Crippen molar-refractivity contribution in [1.82, 2.24) is 4.31 Å².